The van der Waals surface area contributed by atoms with Crippen LogP contribution < -0.4 is 9.47 Å². The number of hydrogen-bond acceptors (Lipinski definition) is 4. The summed E-state index contributed by atoms with van der Waals surface area (Å²) in [6, 6.07) is 18.4. The van der Waals surface area contributed by atoms with Crippen LogP contribution in [-0.2, 0) is 5.41 Å². The topological polar surface area (TPSA) is 52.6 Å². The van der Waals surface area contributed by atoms with Crippen LogP contribution in [0.4, 0.5) is 26.3 Å². The SMILES string of the molecule is Cc1ccc(C(=O)Oc2ccc(C(c3ccc(OC(=O)c4ccc(C)cc4)cc3)(C(F)(F)F)C(F)(F)F)cc2)cc1. The van der Waals surface area contributed by atoms with Crippen molar-refractivity contribution in [1.29, 1.82) is 0 Å². The van der Waals surface area contributed by atoms with Gasteiger partial charge in [0.05, 0.1) is 11.1 Å². The molecule has 0 bridgehead atoms. The Morgan fingerprint density at radius 1 is 0.488 bits per heavy atom. The predicted molar refractivity (Wildman–Crippen MR) is 138 cm³/mol. The summed E-state index contributed by atoms with van der Waals surface area (Å²) in [6.45, 7) is 3.60. The minimum absolute atomic E-state index is 0.155. The molecule has 0 fully saturated rings. The maximum atomic E-state index is 14.5. The van der Waals surface area contributed by atoms with Crippen molar-refractivity contribution in [3.8, 4) is 11.5 Å². The van der Waals surface area contributed by atoms with Gasteiger partial charge >= 0.3 is 24.3 Å². The first-order valence-corrected chi connectivity index (χ1v) is 12.1. The number of alkyl halides is 6. The van der Waals surface area contributed by atoms with Gasteiger partial charge in [0.15, 0.2) is 0 Å². The Morgan fingerprint density at radius 3 is 1.05 bits per heavy atom. The number of carbonyl (C=O) groups is 2. The number of aryl methyl sites for hydroxylation is 2. The van der Waals surface area contributed by atoms with Crippen LogP contribution >= 0.6 is 0 Å². The monoisotopic (exact) mass is 572 g/mol. The van der Waals surface area contributed by atoms with Gasteiger partial charge in [-0.05, 0) is 73.5 Å². The van der Waals surface area contributed by atoms with E-state index in [1.165, 1.54) is 24.3 Å². The smallest absolute Gasteiger partial charge is 0.411 e. The van der Waals surface area contributed by atoms with Crippen molar-refractivity contribution in [1.82, 2.24) is 0 Å². The molecule has 0 saturated heterocycles. The summed E-state index contributed by atoms with van der Waals surface area (Å²) in [7, 11) is 0. The van der Waals surface area contributed by atoms with Crippen LogP contribution in [0.3, 0.4) is 0 Å². The van der Waals surface area contributed by atoms with Crippen molar-refractivity contribution >= 4 is 11.9 Å². The third kappa shape index (κ3) is 5.96. The molecule has 0 radical (unpaired) electrons. The third-order valence-corrected chi connectivity index (χ3v) is 6.42. The molecule has 0 saturated carbocycles. The fraction of sp³-hybridized carbons (Fsp3) is 0.161. The van der Waals surface area contributed by atoms with E-state index >= 15 is 0 Å². The van der Waals surface area contributed by atoms with Crippen LogP contribution in [0.1, 0.15) is 43.0 Å². The van der Waals surface area contributed by atoms with Gasteiger partial charge in [0.1, 0.15) is 11.5 Å². The van der Waals surface area contributed by atoms with Gasteiger partial charge in [-0.25, -0.2) is 9.59 Å². The summed E-state index contributed by atoms with van der Waals surface area (Å²) in [5, 5.41) is 0. The summed E-state index contributed by atoms with van der Waals surface area (Å²) in [4.78, 5) is 24.7. The lowest BCUT2D eigenvalue weighted by Crippen LogP contribution is -2.54. The first-order chi connectivity index (χ1) is 19.2. The minimum Gasteiger partial charge on any atom is -0.423 e. The molecule has 4 aromatic carbocycles. The number of benzene rings is 4. The average Bonchev–Trinajstić information content (AvgIpc) is 2.90. The first kappa shape index (κ1) is 29.4. The van der Waals surface area contributed by atoms with Crippen LogP contribution in [0.5, 0.6) is 11.5 Å². The molecule has 0 aliphatic carbocycles. The molecule has 0 spiro atoms. The Morgan fingerprint density at radius 2 is 0.780 bits per heavy atom. The van der Waals surface area contributed by atoms with Gasteiger partial charge < -0.3 is 9.47 Å². The van der Waals surface area contributed by atoms with Crippen molar-refractivity contribution in [2.24, 2.45) is 0 Å². The van der Waals surface area contributed by atoms with Crippen LogP contribution in [0, 0.1) is 13.8 Å². The van der Waals surface area contributed by atoms with E-state index in [0.29, 0.717) is 24.3 Å². The average molecular weight is 573 g/mol. The molecule has 4 aromatic rings. The van der Waals surface area contributed by atoms with Gasteiger partial charge in [-0.2, -0.15) is 26.3 Å². The highest BCUT2D eigenvalue weighted by Crippen LogP contribution is 2.56. The third-order valence-electron chi connectivity index (χ3n) is 6.42. The summed E-state index contributed by atoms with van der Waals surface area (Å²) >= 11 is 0. The summed E-state index contributed by atoms with van der Waals surface area (Å²) in [6.07, 6.45) is -11.7. The van der Waals surface area contributed by atoms with Crippen LogP contribution in [0.2, 0.25) is 0 Å². The number of halogens is 6. The largest absolute Gasteiger partial charge is 0.423 e. The molecule has 0 atom stereocenters. The highest BCUT2D eigenvalue weighted by atomic mass is 19.4. The number of hydrogen-bond donors (Lipinski definition) is 0. The normalized spacial score (nSPS) is 12.1. The zero-order valence-electron chi connectivity index (χ0n) is 21.6. The molecular formula is C31H22F6O4. The lowest BCUT2D eigenvalue weighted by atomic mass is 9.73. The number of ether oxygens (including phenoxy) is 2. The predicted octanol–water partition coefficient (Wildman–Crippen LogP) is 8.15. The Kier molecular flexibility index (Phi) is 7.96. The lowest BCUT2D eigenvalue weighted by molar-refractivity contribution is -0.288. The van der Waals surface area contributed by atoms with E-state index in [0.717, 1.165) is 35.4 Å². The second-order valence-electron chi connectivity index (χ2n) is 9.31. The van der Waals surface area contributed by atoms with Crippen molar-refractivity contribution in [3.05, 3.63) is 130 Å². The zero-order chi connectivity index (χ0) is 30.0. The maximum absolute atomic E-state index is 14.5. The van der Waals surface area contributed by atoms with E-state index in [4.69, 9.17) is 9.47 Å². The summed E-state index contributed by atoms with van der Waals surface area (Å²) < 4.78 is 97.1. The van der Waals surface area contributed by atoms with Gasteiger partial charge in [0, 0.05) is 0 Å². The van der Waals surface area contributed by atoms with Crippen LogP contribution in [0.15, 0.2) is 97.1 Å². The fourth-order valence-corrected chi connectivity index (χ4v) is 4.24. The minimum atomic E-state index is -5.83. The molecule has 0 heterocycles. The molecular weight excluding hydrogens is 550 g/mol. The van der Waals surface area contributed by atoms with Crippen LogP contribution in [0.25, 0.3) is 0 Å². The number of esters is 2. The molecule has 0 unspecified atom stereocenters. The molecule has 0 aliphatic rings. The Labute approximate surface area is 231 Å². The number of carbonyl (C=O) groups excluding carboxylic acids is 2. The first-order valence-electron chi connectivity index (χ1n) is 12.1. The Hall–Kier alpha value is -4.60. The molecule has 212 valence electrons. The van der Waals surface area contributed by atoms with Crippen molar-refractivity contribution in [2.75, 3.05) is 0 Å². The highest BCUT2D eigenvalue weighted by molar-refractivity contribution is 5.91. The molecule has 4 nitrogen and oxygen atoms in total. The van der Waals surface area contributed by atoms with E-state index in [9.17, 15) is 35.9 Å². The summed E-state index contributed by atoms with van der Waals surface area (Å²) in [5.41, 5.74) is -4.66. The molecule has 0 aromatic heterocycles. The molecule has 0 aliphatic heterocycles. The molecule has 0 amide bonds. The second kappa shape index (κ2) is 11.1. The van der Waals surface area contributed by atoms with Crippen LogP contribution in [-0.4, -0.2) is 24.3 Å². The Balaban J connectivity index is 1.66. The zero-order valence-corrected chi connectivity index (χ0v) is 21.6. The molecule has 10 heteroatoms. The highest BCUT2D eigenvalue weighted by Gasteiger charge is 2.72. The quantitative estimate of drug-likeness (QED) is 0.133. The Bertz CT molecular complexity index is 1400. The van der Waals surface area contributed by atoms with Crippen molar-refractivity contribution in [3.63, 3.8) is 0 Å². The van der Waals surface area contributed by atoms with E-state index in [1.54, 1.807) is 38.1 Å². The van der Waals surface area contributed by atoms with Crippen molar-refractivity contribution < 1.29 is 45.4 Å². The number of rotatable bonds is 6. The fourth-order valence-electron chi connectivity index (χ4n) is 4.24. The van der Waals surface area contributed by atoms with E-state index in [2.05, 4.69) is 0 Å². The molecule has 4 rings (SSSR count). The van der Waals surface area contributed by atoms with Gasteiger partial charge in [0.25, 0.3) is 0 Å². The van der Waals surface area contributed by atoms with E-state index in [1.807, 2.05) is 0 Å². The van der Waals surface area contributed by atoms with E-state index < -0.39 is 40.8 Å². The second-order valence-corrected chi connectivity index (χ2v) is 9.31. The van der Waals surface area contributed by atoms with Gasteiger partial charge in [0.2, 0.25) is 5.41 Å². The van der Waals surface area contributed by atoms with Crippen molar-refractivity contribution in [2.45, 2.75) is 31.6 Å². The van der Waals surface area contributed by atoms with Gasteiger partial charge in [-0.15, -0.1) is 0 Å². The van der Waals surface area contributed by atoms with E-state index in [-0.39, 0.29) is 22.6 Å². The lowest BCUT2D eigenvalue weighted by Gasteiger charge is -2.38. The van der Waals surface area contributed by atoms with Gasteiger partial charge in [-0.1, -0.05) is 59.7 Å². The maximum Gasteiger partial charge on any atom is 0.411 e. The van der Waals surface area contributed by atoms with Gasteiger partial charge in [-0.3, -0.25) is 0 Å². The summed E-state index contributed by atoms with van der Waals surface area (Å²) in [5.74, 6) is -2.13. The molecule has 0 N–H and O–H groups in total. The standard InChI is InChI=1S/C31H22F6O4/c1-19-3-7-21(8-4-19)27(38)40-25-15-11-23(12-16-25)29(30(32,33)34,31(35,36)37)24-13-17-26(18-14-24)41-28(39)22-9-5-20(2)6-10-22/h3-18H,1-2H3. The molecule has 41 heavy (non-hydrogen) atoms.